The summed E-state index contributed by atoms with van der Waals surface area (Å²) in [6.45, 7) is 23.6. The fraction of sp³-hybridized carbons (Fsp3) is 0.647. The van der Waals surface area contributed by atoms with Gasteiger partial charge in [-0.25, -0.2) is 0 Å². The lowest BCUT2D eigenvalue weighted by Gasteiger charge is -2.43. The van der Waals surface area contributed by atoms with E-state index in [1.165, 1.54) is 5.56 Å². The minimum absolute atomic E-state index is 0.00830. The van der Waals surface area contributed by atoms with Crippen LogP contribution in [0.25, 0.3) is 0 Å². The molecule has 0 bridgehead atoms. The fourth-order valence-corrected chi connectivity index (χ4v) is 9.19. The first kappa shape index (κ1) is 33.4. The summed E-state index contributed by atoms with van der Waals surface area (Å²) in [4.78, 5) is 0. The van der Waals surface area contributed by atoms with Gasteiger partial charge in [-0.3, -0.25) is 0 Å². The molecule has 5 nitrogen and oxygen atoms in total. The largest absolute Gasteiger partial charge is 0.492 e. The van der Waals surface area contributed by atoms with E-state index in [0.717, 1.165) is 17.5 Å². The summed E-state index contributed by atoms with van der Waals surface area (Å²) in [5, 5.41) is 0.0740. The van der Waals surface area contributed by atoms with Crippen molar-refractivity contribution in [3.8, 4) is 17.2 Å². The molecule has 2 aliphatic rings. The molecule has 0 aliphatic heterocycles. The molecule has 2 aromatic carbocycles. The van der Waals surface area contributed by atoms with Crippen molar-refractivity contribution >= 4 is 28.2 Å². The van der Waals surface area contributed by atoms with Gasteiger partial charge in [-0.2, -0.15) is 0 Å². The number of methoxy groups -OCH3 is 2. The number of hydrogen-bond donors (Lipinski definition) is 0. The molecule has 42 heavy (non-hydrogen) atoms. The number of hydrogen-bond acceptors (Lipinski definition) is 5. The Morgan fingerprint density at radius 2 is 1.36 bits per heavy atom. The Hall–Kier alpha value is -1.52. The lowest BCUT2D eigenvalue weighted by molar-refractivity contribution is 0.126. The Morgan fingerprint density at radius 3 is 1.88 bits per heavy atom. The summed E-state index contributed by atoms with van der Waals surface area (Å²) >= 11 is 7.38. The van der Waals surface area contributed by atoms with Crippen LogP contribution in [0.2, 0.25) is 36.3 Å². The van der Waals surface area contributed by atoms with Crippen LogP contribution in [0.3, 0.4) is 0 Å². The zero-order chi connectivity index (χ0) is 31.3. The molecule has 5 atom stereocenters. The van der Waals surface area contributed by atoms with Crippen LogP contribution in [0.15, 0.2) is 36.4 Å². The molecule has 1 fully saturated rings. The highest BCUT2D eigenvalue weighted by Crippen LogP contribution is 2.58. The maximum Gasteiger partial charge on any atom is 0.203 e. The topological polar surface area (TPSA) is 46.2 Å². The van der Waals surface area contributed by atoms with E-state index in [9.17, 15) is 0 Å². The van der Waals surface area contributed by atoms with Crippen LogP contribution in [-0.2, 0) is 21.9 Å². The highest BCUT2D eigenvalue weighted by Gasteiger charge is 2.56. The minimum Gasteiger partial charge on any atom is -0.492 e. The van der Waals surface area contributed by atoms with Crippen molar-refractivity contribution in [1.29, 1.82) is 0 Å². The summed E-state index contributed by atoms with van der Waals surface area (Å²) in [6, 6.07) is 12.4. The molecular formula is C34H53ClO5Si2. The molecule has 8 heteroatoms. The molecule has 0 heterocycles. The molecule has 2 aromatic rings. The monoisotopic (exact) mass is 632 g/mol. The van der Waals surface area contributed by atoms with Crippen molar-refractivity contribution < 1.29 is 23.1 Å². The summed E-state index contributed by atoms with van der Waals surface area (Å²) in [5.41, 5.74) is 3.39. The zero-order valence-corrected chi connectivity index (χ0v) is 30.6. The van der Waals surface area contributed by atoms with Crippen molar-refractivity contribution in [2.75, 3.05) is 14.2 Å². The maximum absolute atomic E-state index is 7.38. The van der Waals surface area contributed by atoms with E-state index in [2.05, 4.69) is 85.9 Å². The van der Waals surface area contributed by atoms with Crippen LogP contribution in [0.5, 0.6) is 17.2 Å². The molecule has 0 unspecified atom stereocenters. The zero-order valence-electron chi connectivity index (χ0n) is 27.9. The number of alkyl halides is 1. The standard InChI is InChI=1S/C34H53ClO5Si2/c1-33(2,3)41(9,10)39-26-20-27(40-42(11,12)34(4,5)6)30-25(35)18-24-23(29(26)30)19-28(32(37-8)31(24)36-7)38-21-22-16-14-13-15-17-22/h13-17,19,25-27,29-30H,18,20-21H2,1-12H3/t25-,26+,27-,29-,30-/m0/s1. The van der Waals surface area contributed by atoms with Gasteiger partial charge < -0.3 is 23.1 Å². The van der Waals surface area contributed by atoms with Crippen molar-refractivity contribution in [3.63, 3.8) is 0 Å². The quantitative estimate of drug-likeness (QED) is 0.204. The molecule has 2 aliphatic carbocycles. The molecular weight excluding hydrogens is 580 g/mol. The molecule has 0 N–H and O–H groups in total. The normalized spacial score (nSPS) is 24.6. The lowest BCUT2D eigenvalue weighted by Crippen LogP contribution is -2.47. The summed E-state index contributed by atoms with van der Waals surface area (Å²) in [5.74, 6) is 2.20. The predicted octanol–water partition coefficient (Wildman–Crippen LogP) is 9.33. The van der Waals surface area contributed by atoms with Crippen LogP contribution >= 0.6 is 11.6 Å². The van der Waals surface area contributed by atoms with E-state index in [1.54, 1.807) is 14.2 Å². The van der Waals surface area contributed by atoms with Crippen molar-refractivity contribution in [1.82, 2.24) is 0 Å². The van der Waals surface area contributed by atoms with E-state index in [0.29, 0.717) is 30.3 Å². The van der Waals surface area contributed by atoms with Crippen LogP contribution in [0.4, 0.5) is 0 Å². The number of rotatable bonds is 9. The minimum atomic E-state index is -2.10. The highest BCUT2D eigenvalue weighted by molar-refractivity contribution is 6.74. The van der Waals surface area contributed by atoms with Gasteiger partial charge in [0.25, 0.3) is 0 Å². The SMILES string of the molecule is COc1c(OCc2ccccc2)cc2c(c1OC)C[C@H](Cl)[C@@H]1[C@@H]2[C@H](O[Si](C)(C)C(C)(C)C)C[C@@H]1O[Si](C)(C)C(C)(C)C. The van der Waals surface area contributed by atoms with Crippen molar-refractivity contribution in [3.05, 3.63) is 53.1 Å². The Labute approximate surface area is 261 Å². The van der Waals surface area contributed by atoms with E-state index in [-0.39, 0.29) is 39.5 Å². The molecule has 234 valence electrons. The average molecular weight is 633 g/mol. The molecule has 0 radical (unpaired) electrons. The lowest BCUT2D eigenvalue weighted by atomic mass is 9.75. The van der Waals surface area contributed by atoms with E-state index in [1.807, 2.05) is 18.2 Å². The van der Waals surface area contributed by atoms with E-state index in [4.69, 9.17) is 34.7 Å². The van der Waals surface area contributed by atoms with Gasteiger partial charge in [0.2, 0.25) is 5.75 Å². The van der Waals surface area contributed by atoms with Gasteiger partial charge in [-0.05, 0) is 66.3 Å². The third kappa shape index (κ3) is 6.46. The molecule has 1 saturated carbocycles. The van der Waals surface area contributed by atoms with Crippen molar-refractivity contribution in [2.24, 2.45) is 5.92 Å². The average Bonchev–Trinajstić information content (AvgIpc) is 3.23. The van der Waals surface area contributed by atoms with Gasteiger partial charge >= 0.3 is 0 Å². The van der Waals surface area contributed by atoms with Crippen LogP contribution in [0, 0.1) is 5.92 Å². The number of benzene rings is 2. The predicted molar refractivity (Wildman–Crippen MR) is 179 cm³/mol. The van der Waals surface area contributed by atoms with Gasteiger partial charge in [0.1, 0.15) is 6.61 Å². The number of fused-ring (bicyclic) bond motifs is 3. The Balaban J connectivity index is 1.83. The first-order valence-electron chi connectivity index (χ1n) is 15.4. The van der Waals surface area contributed by atoms with Crippen LogP contribution in [-0.4, -0.2) is 48.4 Å². The van der Waals surface area contributed by atoms with Gasteiger partial charge in [0, 0.05) is 22.8 Å². The summed E-state index contributed by atoms with van der Waals surface area (Å²) in [7, 11) is -0.783. The second-order valence-electron chi connectivity index (χ2n) is 15.2. The third-order valence-electron chi connectivity index (χ3n) is 10.4. The number of halogens is 1. The molecule has 0 saturated heterocycles. The second kappa shape index (κ2) is 12.1. The van der Waals surface area contributed by atoms with Gasteiger partial charge in [-0.1, -0.05) is 71.9 Å². The third-order valence-corrected chi connectivity index (χ3v) is 19.8. The van der Waals surface area contributed by atoms with E-state index < -0.39 is 16.6 Å². The van der Waals surface area contributed by atoms with Crippen LogP contribution in [0.1, 0.15) is 70.6 Å². The van der Waals surface area contributed by atoms with Gasteiger partial charge in [0.15, 0.2) is 28.1 Å². The highest BCUT2D eigenvalue weighted by atomic mass is 35.5. The van der Waals surface area contributed by atoms with Crippen LogP contribution < -0.4 is 14.2 Å². The Morgan fingerprint density at radius 1 is 0.810 bits per heavy atom. The second-order valence-corrected chi connectivity index (χ2v) is 25.2. The smallest absolute Gasteiger partial charge is 0.203 e. The molecule has 0 amide bonds. The number of ether oxygens (including phenoxy) is 3. The molecule has 0 spiro atoms. The molecule has 0 aromatic heterocycles. The first-order chi connectivity index (χ1) is 19.4. The summed E-state index contributed by atoms with van der Waals surface area (Å²) < 4.78 is 32.9. The fourth-order valence-electron chi connectivity index (χ4n) is 6.00. The van der Waals surface area contributed by atoms with Crippen molar-refractivity contribution in [2.45, 2.75) is 121 Å². The molecule has 4 rings (SSSR count). The Kier molecular flexibility index (Phi) is 9.63. The van der Waals surface area contributed by atoms with Gasteiger partial charge in [0.05, 0.1) is 26.4 Å². The van der Waals surface area contributed by atoms with Gasteiger partial charge in [-0.15, -0.1) is 11.6 Å². The Bertz CT molecular complexity index is 1240. The summed E-state index contributed by atoms with van der Waals surface area (Å²) in [6.07, 6.45) is 1.54. The maximum atomic E-state index is 7.38. The van der Waals surface area contributed by atoms with E-state index >= 15 is 0 Å². The first-order valence-corrected chi connectivity index (χ1v) is 21.6.